The predicted molar refractivity (Wildman–Crippen MR) is 100 cm³/mol. The molecule has 0 saturated carbocycles. The van der Waals surface area contributed by atoms with Crippen molar-refractivity contribution in [1.29, 1.82) is 5.41 Å². The molecule has 136 valence electrons. The lowest BCUT2D eigenvalue weighted by molar-refractivity contribution is -0.112. The van der Waals surface area contributed by atoms with Gasteiger partial charge >= 0.3 is 0 Å². The van der Waals surface area contributed by atoms with E-state index in [9.17, 15) is 13.8 Å². The number of thiophene rings is 1. The van der Waals surface area contributed by atoms with Gasteiger partial charge in [0.2, 0.25) is 0 Å². The zero-order valence-corrected chi connectivity index (χ0v) is 15.2. The first-order valence-electron chi connectivity index (χ1n) is 7.68. The van der Waals surface area contributed by atoms with Gasteiger partial charge in [0.15, 0.2) is 5.06 Å². The van der Waals surface area contributed by atoms with Gasteiger partial charge in [0.25, 0.3) is 5.91 Å². The predicted octanol–water partition coefficient (Wildman–Crippen LogP) is 4.26. The van der Waals surface area contributed by atoms with E-state index in [0.717, 1.165) is 22.5 Å². The number of nitrogens with two attached hydrogens (primary N) is 1. The van der Waals surface area contributed by atoms with Crippen LogP contribution in [0, 0.1) is 5.41 Å². The van der Waals surface area contributed by atoms with Crippen LogP contribution in [-0.4, -0.2) is 17.5 Å². The molecule has 1 amide bonds. The second-order valence-electron chi connectivity index (χ2n) is 5.59. The SMILES string of the molecule is N=CC1=C(S)c2c(OC3=CCC=C(N(F)F)C=C3)sc(C(N)=O)c2CC1. The number of rotatable bonds is 5. The highest BCUT2D eigenvalue weighted by molar-refractivity contribution is 7.90. The Kier molecular flexibility index (Phi) is 5.28. The Morgan fingerprint density at radius 3 is 2.77 bits per heavy atom. The van der Waals surface area contributed by atoms with Crippen LogP contribution in [0.1, 0.15) is 33.6 Å². The number of carbonyl (C=O) groups excluding carboxylic acids is 1. The summed E-state index contributed by atoms with van der Waals surface area (Å²) in [5.74, 6) is -0.179. The lowest BCUT2D eigenvalue weighted by atomic mass is 9.93. The molecule has 0 unspecified atom stereocenters. The van der Waals surface area contributed by atoms with Crippen LogP contribution in [0.3, 0.4) is 0 Å². The summed E-state index contributed by atoms with van der Waals surface area (Å²) in [4.78, 5) is 12.7. The topological polar surface area (TPSA) is 79.4 Å². The van der Waals surface area contributed by atoms with Crippen LogP contribution in [0.5, 0.6) is 5.06 Å². The van der Waals surface area contributed by atoms with E-state index in [1.54, 1.807) is 6.08 Å². The number of hydrogen-bond donors (Lipinski definition) is 3. The van der Waals surface area contributed by atoms with Crippen LogP contribution in [0.2, 0.25) is 0 Å². The Bertz CT molecular complexity index is 898. The van der Waals surface area contributed by atoms with E-state index in [-0.39, 0.29) is 12.1 Å². The van der Waals surface area contributed by atoms with E-state index in [1.165, 1.54) is 24.4 Å². The first kappa shape index (κ1) is 18.4. The summed E-state index contributed by atoms with van der Waals surface area (Å²) in [6.45, 7) is 0. The molecule has 5 nitrogen and oxygen atoms in total. The Hall–Kier alpha value is -2.39. The number of nitrogens with zero attached hydrogens (tertiary/aromatic N) is 1. The Labute approximate surface area is 157 Å². The molecule has 0 bridgehead atoms. The third kappa shape index (κ3) is 3.45. The van der Waals surface area contributed by atoms with Gasteiger partial charge in [-0.2, -0.15) is 0 Å². The lowest BCUT2D eigenvalue weighted by Gasteiger charge is -2.17. The van der Waals surface area contributed by atoms with Gasteiger partial charge in [0.05, 0.1) is 4.88 Å². The molecule has 0 saturated heterocycles. The number of nitrogens with one attached hydrogen (secondary N) is 1. The average Bonchev–Trinajstić information content (AvgIpc) is 2.80. The highest BCUT2D eigenvalue weighted by atomic mass is 32.1. The van der Waals surface area contributed by atoms with Crippen LogP contribution in [0.25, 0.3) is 4.91 Å². The highest BCUT2D eigenvalue weighted by Crippen LogP contribution is 2.46. The fourth-order valence-electron chi connectivity index (χ4n) is 2.78. The van der Waals surface area contributed by atoms with E-state index in [2.05, 4.69) is 12.6 Å². The van der Waals surface area contributed by atoms with Gasteiger partial charge in [-0.05, 0) is 54.0 Å². The van der Waals surface area contributed by atoms with Gasteiger partial charge in [-0.15, -0.1) is 12.6 Å². The van der Waals surface area contributed by atoms with Gasteiger partial charge in [-0.25, -0.2) is 0 Å². The smallest absolute Gasteiger partial charge is 0.259 e. The van der Waals surface area contributed by atoms with Gasteiger partial charge in [0, 0.05) is 16.7 Å². The van der Waals surface area contributed by atoms with Crippen molar-refractivity contribution in [3.05, 3.63) is 57.3 Å². The summed E-state index contributed by atoms with van der Waals surface area (Å²) >= 11 is 5.60. The minimum absolute atomic E-state index is 0.230. The van der Waals surface area contributed by atoms with Crippen molar-refractivity contribution in [2.45, 2.75) is 19.3 Å². The number of hydrogen-bond acceptors (Lipinski definition) is 6. The molecule has 1 aromatic rings. The molecule has 2 aliphatic carbocycles. The minimum Gasteiger partial charge on any atom is -0.446 e. The first-order valence-corrected chi connectivity index (χ1v) is 8.95. The molecule has 0 radical (unpaired) electrons. The van der Waals surface area contributed by atoms with E-state index < -0.39 is 11.3 Å². The molecule has 0 aliphatic heterocycles. The van der Waals surface area contributed by atoms with Crippen LogP contribution in [0.15, 0.2) is 41.3 Å². The number of carbonyl (C=O) groups is 1. The zero-order chi connectivity index (χ0) is 18.8. The molecule has 1 heterocycles. The largest absolute Gasteiger partial charge is 0.446 e. The Balaban J connectivity index is 1.99. The fourth-order valence-corrected chi connectivity index (χ4v) is 4.34. The highest BCUT2D eigenvalue weighted by Gasteiger charge is 2.28. The molecule has 0 spiro atoms. The molecule has 26 heavy (non-hydrogen) atoms. The average molecular weight is 395 g/mol. The number of thiol groups is 1. The van der Waals surface area contributed by atoms with Gasteiger partial charge < -0.3 is 15.9 Å². The maximum Gasteiger partial charge on any atom is 0.259 e. The Morgan fingerprint density at radius 1 is 1.35 bits per heavy atom. The lowest BCUT2D eigenvalue weighted by Crippen LogP contribution is -2.13. The second-order valence-corrected chi connectivity index (χ2v) is 7.02. The summed E-state index contributed by atoms with van der Waals surface area (Å²) in [5.41, 5.74) is 7.38. The molecule has 0 atom stereocenters. The van der Waals surface area contributed by atoms with Crippen molar-refractivity contribution < 1.29 is 18.5 Å². The maximum absolute atomic E-state index is 12.7. The van der Waals surface area contributed by atoms with Crippen molar-refractivity contribution in [1.82, 2.24) is 5.34 Å². The molecule has 3 N–H and O–H groups in total. The molecule has 0 fully saturated rings. The van der Waals surface area contributed by atoms with Crippen LogP contribution < -0.4 is 10.5 Å². The van der Waals surface area contributed by atoms with Crippen LogP contribution >= 0.6 is 24.0 Å². The number of halogens is 2. The quantitative estimate of drug-likeness (QED) is 0.396. The monoisotopic (exact) mass is 395 g/mol. The van der Waals surface area contributed by atoms with Crippen molar-refractivity contribution in [3.8, 4) is 5.06 Å². The maximum atomic E-state index is 12.7. The minimum atomic E-state index is -0.962. The number of ether oxygens (including phenoxy) is 1. The molecule has 3 rings (SSSR count). The van der Waals surface area contributed by atoms with Gasteiger partial charge in [-0.1, -0.05) is 26.4 Å². The van der Waals surface area contributed by atoms with Crippen molar-refractivity contribution >= 4 is 41.0 Å². The van der Waals surface area contributed by atoms with E-state index >= 15 is 0 Å². The molecular weight excluding hydrogens is 380 g/mol. The summed E-state index contributed by atoms with van der Waals surface area (Å²) in [5, 5.41) is 6.96. The summed E-state index contributed by atoms with van der Waals surface area (Å²) < 4.78 is 31.2. The van der Waals surface area contributed by atoms with Crippen LogP contribution in [-0.2, 0) is 6.42 Å². The van der Waals surface area contributed by atoms with Gasteiger partial charge in [-0.3, -0.25) is 4.79 Å². The number of amides is 1. The van der Waals surface area contributed by atoms with Crippen LogP contribution in [0.4, 0.5) is 8.96 Å². The van der Waals surface area contributed by atoms with E-state index in [4.69, 9.17) is 15.9 Å². The number of fused-ring (bicyclic) bond motifs is 1. The van der Waals surface area contributed by atoms with Crippen molar-refractivity contribution in [2.24, 2.45) is 5.73 Å². The second kappa shape index (κ2) is 7.46. The summed E-state index contributed by atoms with van der Waals surface area (Å²) in [6, 6.07) is 0. The third-order valence-corrected chi connectivity index (χ3v) is 5.66. The van der Waals surface area contributed by atoms with Gasteiger partial charge in [0.1, 0.15) is 11.5 Å². The number of allylic oxidation sites excluding steroid dienone is 5. The summed E-state index contributed by atoms with van der Waals surface area (Å²) in [6.07, 6.45) is 8.35. The summed E-state index contributed by atoms with van der Waals surface area (Å²) in [7, 11) is 0. The molecule has 1 aromatic heterocycles. The molecule has 9 heteroatoms. The first-order chi connectivity index (χ1) is 12.4. The standard InChI is InChI=1S/C17H15F2N3O2S2/c18-22(19)10-2-1-3-11(6-5-10)24-17-13-12(15(26-17)16(21)23)7-4-9(8-20)14(13)25/h2-3,5-6,8,20,25H,1,4,7H2,(H2,21,23). The van der Waals surface area contributed by atoms with E-state index in [1.807, 2.05) is 0 Å². The van der Waals surface area contributed by atoms with Crippen molar-refractivity contribution in [3.63, 3.8) is 0 Å². The normalized spacial score (nSPS) is 16.4. The zero-order valence-electron chi connectivity index (χ0n) is 13.5. The molecule has 0 aromatic carbocycles. The Morgan fingerprint density at radius 2 is 2.12 bits per heavy atom. The molecular formula is C17H15F2N3O2S2. The molecule has 2 aliphatic rings. The van der Waals surface area contributed by atoms with E-state index in [0.29, 0.717) is 39.0 Å². The fraction of sp³-hybridized carbons (Fsp3) is 0.176. The number of primary amides is 1. The van der Waals surface area contributed by atoms with Crippen molar-refractivity contribution in [2.75, 3.05) is 0 Å². The third-order valence-electron chi connectivity index (χ3n) is 4.03.